The Morgan fingerprint density at radius 3 is 2.09 bits per heavy atom. The summed E-state index contributed by atoms with van der Waals surface area (Å²) < 4.78 is 5.89. The normalized spacial score (nSPS) is 51.8. The Kier molecular flexibility index (Phi) is 3.02. The quantitative estimate of drug-likeness (QED) is 0.809. The molecule has 7 aliphatic rings. The highest BCUT2D eigenvalue weighted by Gasteiger charge is 2.52. The van der Waals surface area contributed by atoms with Gasteiger partial charge in [-0.1, -0.05) is 0 Å². The number of carbonyl (C=O) groups excluding carboxylic acids is 1. The molecule has 0 radical (unpaired) electrons. The molecule has 0 aromatic heterocycles. The monoisotopic (exact) mass is 305 g/mol. The molecule has 0 spiro atoms. The fourth-order valence-corrected chi connectivity index (χ4v) is 6.86. The van der Waals surface area contributed by atoms with Gasteiger partial charge in [-0.05, 0) is 56.3 Å². The van der Waals surface area contributed by atoms with E-state index in [4.69, 9.17) is 4.74 Å². The third kappa shape index (κ3) is 2.26. The van der Waals surface area contributed by atoms with Gasteiger partial charge in [-0.25, -0.2) is 4.79 Å². The third-order valence-electron chi connectivity index (χ3n) is 7.42. The number of rotatable bonds is 2. The van der Waals surface area contributed by atoms with Crippen molar-refractivity contribution >= 4 is 6.09 Å². The summed E-state index contributed by atoms with van der Waals surface area (Å²) in [6.07, 6.45) is 10.4. The highest BCUT2D eigenvalue weighted by Crippen LogP contribution is 2.55. The Morgan fingerprint density at radius 1 is 1.00 bits per heavy atom. The van der Waals surface area contributed by atoms with E-state index in [0.717, 1.165) is 24.3 Å². The largest absolute Gasteiger partial charge is 0.440 e. The molecule has 3 aliphatic heterocycles. The second-order valence-electron chi connectivity index (χ2n) is 9.06. The number of piperidine rings is 3. The molecule has 4 saturated carbocycles. The molecule has 0 aromatic rings. The van der Waals surface area contributed by atoms with Crippen molar-refractivity contribution in [3.63, 3.8) is 0 Å². The summed E-state index contributed by atoms with van der Waals surface area (Å²) in [6, 6.07) is 0. The summed E-state index contributed by atoms with van der Waals surface area (Å²) in [5.41, 5.74) is 0.0899. The predicted octanol–water partition coefficient (Wildman–Crippen LogP) is 1.36. The molecular weight excluding hydrogens is 276 g/mol. The van der Waals surface area contributed by atoms with Gasteiger partial charge in [-0.2, -0.15) is 0 Å². The average molecular weight is 305 g/mol. The lowest BCUT2D eigenvalue weighted by molar-refractivity contribution is -0.920. The number of amides is 1. The van der Waals surface area contributed by atoms with Gasteiger partial charge < -0.3 is 15.0 Å². The summed E-state index contributed by atoms with van der Waals surface area (Å²) >= 11 is 0. The van der Waals surface area contributed by atoms with Crippen molar-refractivity contribution in [1.29, 1.82) is 0 Å². The number of alkyl carbamates (subject to hydrolysis) is 1. The second kappa shape index (κ2) is 4.86. The minimum absolute atomic E-state index is 0.0899. The lowest BCUT2D eigenvalue weighted by atomic mass is 9.53. The van der Waals surface area contributed by atoms with Crippen LogP contribution in [0.3, 0.4) is 0 Å². The van der Waals surface area contributed by atoms with Crippen LogP contribution < -0.4 is 10.2 Å². The van der Waals surface area contributed by atoms with Gasteiger partial charge in [0.15, 0.2) is 6.10 Å². The zero-order valence-corrected chi connectivity index (χ0v) is 13.5. The van der Waals surface area contributed by atoms with Crippen LogP contribution >= 0.6 is 0 Å². The second-order valence-corrected chi connectivity index (χ2v) is 9.06. The van der Waals surface area contributed by atoms with E-state index in [0.29, 0.717) is 5.92 Å². The van der Waals surface area contributed by atoms with Crippen LogP contribution in [0.4, 0.5) is 4.79 Å². The topological polar surface area (TPSA) is 42.8 Å². The van der Waals surface area contributed by atoms with Gasteiger partial charge in [-0.3, -0.25) is 0 Å². The summed E-state index contributed by atoms with van der Waals surface area (Å²) in [5.74, 6) is 3.23. The molecule has 0 aromatic carbocycles. The van der Waals surface area contributed by atoms with Crippen LogP contribution in [0.2, 0.25) is 0 Å². The zero-order chi connectivity index (χ0) is 14.7. The van der Waals surface area contributed by atoms with E-state index in [2.05, 4.69) is 5.32 Å². The van der Waals surface area contributed by atoms with Crippen LogP contribution in [-0.2, 0) is 4.74 Å². The Bertz CT molecular complexity index is 434. The first kappa shape index (κ1) is 13.6. The Balaban J connectivity index is 1.23. The maximum atomic E-state index is 12.5. The van der Waals surface area contributed by atoms with Gasteiger partial charge in [0.05, 0.1) is 13.1 Å². The summed E-state index contributed by atoms with van der Waals surface area (Å²) in [6.45, 7) is 3.60. The maximum Gasteiger partial charge on any atom is 0.408 e. The summed E-state index contributed by atoms with van der Waals surface area (Å²) in [5, 5.41) is 3.36. The van der Waals surface area contributed by atoms with Crippen molar-refractivity contribution in [2.45, 2.75) is 63.0 Å². The minimum Gasteiger partial charge on any atom is -0.440 e. The van der Waals surface area contributed by atoms with Crippen LogP contribution in [0.25, 0.3) is 0 Å². The lowest BCUT2D eigenvalue weighted by Crippen LogP contribution is -3.16. The fourth-order valence-electron chi connectivity index (χ4n) is 6.86. The Labute approximate surface area is 132 Å². The predicted molar refractivity (Wildman–Crippen MR) is 82.6 cm³/mol. The molecule has 4 heteroatoms. The minimum atomic E-state index is -0.111. The van der Waals surface area contributed by atoms with Crippen LogP contribution in [0.5, 0.6) is 0 Å². The van der Waals surface area contributed by atoms with Crippen LogP contribution in [0, 0.1) is 23.7 Å². The lowest BCUT2D eigenvalue weighted by Gasteiger charge is -2.56. The number of nitrogens with one attached hydrogen (secondary N) is 2. The first-order valence-corrected chi connectivity index (χ1v) is 9.50. The number of hydrogen-bond acceptors (Lipinski definition) is 2. The van der Waals surface area contributed by atoms with Gasteiger partial charge in [0.25, 0.3) is 0 Å². The van der Waals surface area contributed by atoms with Crippen molar-refractivity contribution in [3.8, 4) is 0 Å². The summed E-state index contributed by atoms with van der Waals surface area (Å²) in [4.78, 5) is 14.2. The molecule has 2 N–H and O–H groups in total. The Hall–Kier alpha value is -0.770. The molecule has 7 fully saturated rings. The number of quaternary nitrogens is 1. The van der Waals surface area contributed by atoms with Crippen molar-refractivity contribution < 1.29 is 14.4 Å². The van der Waals surface area contributed by atoms with Gasteiger partial charge in [0, 0.05) is 24.3 Å². The molecule has 4 aliphatic carbocycles. The molecular formula is C18H29N2O2+. The molecule has 0 unspecified atom stereocenters. The van der Waals surface area contributed by atoms with Crippen molar-refractivity contribution in [2.24, 2.45) is 23.7 Å². The van der Waals surface area contributed by atoms with E-state index in [9.17, 15) is 4.79 Å². The van der Waals surface area contributed by atoms with E-state index in [1.54, 1.807) is 4.90 Å². The molecule has 22 heavy (non-hydrogen) atoms. The Morgan fingerprint density at radius 2 is 1.59 bits per heavy atom. The highest BCUT2D eigenvalue weighted by molar-refractivity contribution is 5.68. The van der Waals surface area contributed by atoms with Gasteiger partial charge in [0.1, 0.15) is 6.54 Å². The fraction of sp³-hybridized carbons (Fsp3) is 0.944. The molecule has 1 amide bonds. The smallest absolute Gasteiger partial charge is 0.408 e. The first-order valence-electron chi connectivity index (χ1n) is 9.50. The van der Waals surface area contributed by atoms with Crippen molar-refractivity contribution in [2.75, 3.05) is 19.6 Å². The molecule has 7 rings (SSSR count). The van der Waals surface area contributed by atoms with Gasteiger partial charge >= 0.3 is 6.09 Å². The zero-order valence-electron chi connectivity index (χ0n) is 13.5. The summed E-state index contributed by atoms with van der Waals surface area (Å²) in [7, 11) is 0. The number of fused-ring (bicyclic) bond motifs is 3. The number of hydrogen-bond donors (Lipinski definition) is 2. The van der Waals surface area contributed by atoms with Crippen LogP contribution in [0.15, 0.2) is 0 Å². The molecule has 3 heterocycles. The number of ether oxygens (including phenoxy) is 1. The van der Waals surface area contributed by atoms with Gasteiger partial charge in [-0.15, -0.1) is 0 Å². The van der Waals surface area contributed by atoms with E-state index in [1.165, 1.54) is 64.5 Å². The van der Waals surface area contributed by atoms with Crippen molar-refractivity contribution in [1.82, 2.24) is 5.32 Å². The van der Waals surface area contributed by atoms with Crippen molar-refractivity contribution in [3.05, 3.63) is 0 Å². The van der Waals surface area contributed by atoms with Gasteiger partial charge in [0.2, 0.25) is 0 Å². The molecule has 122 valence electrons. The SMILES string of the molecule is O=C(NC12CC3CC(CC(C3)C1)C2)O[C@H]1C[NH+]2CCC1CC2. The van der Waals surface area contributed by atoms with E-state index in [1.807, 2.05) is 0 Å². The first-order chi connectivity index (χ1) is 10.7. The van der Waals surface area contributed by atoms with Crippen LogP contribution in [0.1, 0.15) is 51.4 Å². The molecule has 3 saturated heterocycles. The molecule has 6 bridgehead atoms. The highest BCUT2D eigenvalue weighted by atomic mass is 16.6. The van der Waals surface area contributed by atoms with E-state index >= 15 is 0 Å². The molecule has 4 nitrogen and oxygen atoms in total. The molecule has 1 atom stereocenters. The maximum absolute atomic E-state index is 12.5. The third-order valence-corrected chi connectivity index (χ3v) is 7.42. The standard InChI is InChI=1S/C18H28N2O2/c21-17(22-16-11-20-3-1-15(16)2-4-20)19-18-8-12-5-13(9-18)7-14(6-12)10-18/h12-16H,1-11H2,(H,19,21)/p+1/t12?,13?,14?,16-,18?/m0/s1. The van der Waals surface area contributed by atoms with E-state index in [-0.39, 0.29) is 17.7 Å². The average Bonchev–Trinajstić information content (AvgIpc) is 2.46. The van der Waals surface area contributed by atoms with E-state index < -0.39 is 0 Å². The number of carbonyl (C=O) groups is 1. The van der Waals surface area contributed by atoms with Crippen LogP contribution in [-0.4, -0.2) is 37.4 Å².